The molecule has 11 heteroatoms. The Morgan fingerprint density at radius 1 is 1.11 bits per heavy atom. The fourth-order valence-electron chi connectivity index (χ4n) is 2.52. The van der Waals surface area contributed by atoms with Crippen LogP contribution in [0.2, 0.25) is 0 Å². The maximum absolute atomic E-state index is 12.6. The average Bonchev–Trinajstić information content (AvgIpc) is 2.96. The number of aromatic amines is 1. The minimum Gasteiger partial charge on any atom is -0.295 e. The number of nitrogens with one attached hydrogen (secondary N) is 2. The molecule has 142 valence electrons. The molecule has 1 aromatic heterocycles. The van der Waals surface area contributed by atoms with Crippen LogP contribution in [0.15, 0.2) is 58.4 Å². The maximum atomic E-state index is 12.6. The third kappa shape index (κ3) is 3.62. The quantitative estimate of drug-likeness (QED) is 0.380. The van der Waals surface area contributed by atoms with E-state index in [2.05, 4.69) is 15.6 Å². The molecule has 0 saturated carbocycles. The Morgan fingerprint density at radius 3 is 2.46 bits per heavy atom. The molecule has 0 fully saturated rings. The van der Waals surface area contributed by atoms with Crippen LogP contribution < -0.4 is 11.0 Å². The fourth-order valence-corrected chi connectivity index (χ4v) is 2.52. The zero-order valence-electron chi connectivity index (χ0n) is 14.5. The van der Waals surface area contributed by atoms with Crippen molar-refractivity contribution in [1.29, 1.82) is 0 Å². The lowest BCUT2D eigenvalue weighted by atomic mass is 10.2. The van der Waals surface area contributed by atoms with Gasteiger partial charge in [-0.3, -0.25) is 35.5 Å². The molecule has 0 amide bonds. The number of hydrogen-bond donors (Lipinski definition) is 2. The summed E-state index contributed by atoms with van der Waals surface area (Å²) in [4.78, 5) is 33.0. The second-order valence-electron chi connectivity index (χ2n) is 5.71. The topological polar surface area (TPSA) is 148 Å². The molecule has 0 aliphatic rings. The second-order valence-corrected chi connectivity index (χ2v) is 5.71. The third-order valence-electron chi connectivity index (χ3n) is 3.90. The van der Waals surface area contributed by atoms with E-state index in [-0.39, 0.29) is 16.8 Å². The minimum atomic E-state index is -0.755. The average molecular weight is 382 g/mol. The number of benzene rings is 2. The van der Waals surface area contributed by atoms with Crippen LogP contribution in [0.25, 0.3) is 5.69 Å². The van der Waals surface area contributed by atoms with E-state index in [4.69, 9.17) is 0 Å². The Morgan fingerprint density at radius 2 is 1.82 bits per heavy atom. The highest BCUT2D eigenvalue weighted by atomic mass is 16.6. The molecule has 3 rings (SSSR count). The third-order valence-corrected chi connectivity index (χ3v) is 3.90. The van der Waals surface area contributed by atoms with Gasteiger partial charge < -0.3 is 0 Å². The van der Waals surface area contributed by atoms with Crippen LogP contribution in [0.5, 0.6) is 0 Å². The van der Waals surface area contributed by atoms with Gasteiger partial charge in [0.1, 0.15) is 5.69 Å². The lowest BCUT2D eigenvalue weighted by Crippen LogP contribution is -2.17. The molecule has 3 aromatic rings. The van der Waals surface area contributed by atoms with Crippen molar-refractivity contribution in [3.05, 3.63) is 90.4 Å². The van der Waals surface area contributed by atoms with Gasteiger partial charge in [-0.05, 0) is 25.1 Å². The number of nitro groups is 2. The summed E-state index contributed by atoms with van der Waals surface area (Å²) in [6.45, 7) is 1.69. The molecular formula is C17H14N6O5. The summed E-state index contributed by atoms with van der Waals surface area (Å²) < 4.78 is 1.35. The van der Waals surface area contributed by atoms with E-state index in [1.165, 1.54) is 17.0 Å². The van der Waals surface area contributed by atoms with Gasteiger partial charge >= 0.3 is 5.69 Å². The predicted molar refractivity (Wildman–Crippen MR) is 102 cm³/mol. The van der Waals surface area contributed by atoms with Gasteiger partial charge in [0, 0.05) is 11.8 Å². The first-order valence-corrected chi connectivity index (χ1v) is 7.97. The molecule has 2 aromatic carbocycles. The summed E-state index contributed by atoms with van der Waals surface area (Å²) in [7, 11) is 0. The van der Waals surface area contributed by atoms with Gasteiger partial charge in [-0.25, -0.2) is 4.68 Å². The molecule has 0 bridgehead atoms. The van der Waals surface area contributed by atoms with Crippen LogP contribution in [0.1, 0.15) is 11.3 Å². The Kier molecular flexibility index (Phi) is 4.98. The number of H-pyrrole nitrogens is 1. The molecule has 11 nitrogen and oxygen atoms in total. The van der Waals surface area contributed by atoms with Crippen molar-refractivity contribution >= 4 is 23.3 Å². The molecule has 0 aliphatic heterocycles. The van der Waals surface area contributed by atoms with Crippen molar-refractivity contribution in [2.24, 2.45) is 5.10 Å². The van der Waals surface area contributed by atoms with Crippen LogP contribution in [-0.4, -0.2) is 25.8 Å². The highest BCUT2D eigenvalue weighted by Gasteiger charge is 2.19. The highest BCUT2D eigenvalue weighted by molar-refractivity contribution is 5.81. The van der Waals surface area contributed by atoms with Gasteiger partial charge in [-0.1, -0.05) is 18.2 Å². The molecule has 0 atom stereocenters. The number of hydrazone groups is 1. The summed E-state index contributed by atoms with van der Waals surface area (Å²) in [6.07, 6.45) is 1.23. The summed E-state index contributed by atoms with van der Waals surface area (Å²) >= 11 is 0. The van der Waals surface area contributed by atoms with Gasteiger partial charge in [-0.2, -0.15) is 5.10 Å². The second kappa shape index (κ2) is 7.53. The Labute approximate surface area is 157 Å². The van der Waals surface area contributed by atoms with Crippen molar-refractivity contribution in [2.45, 2.75) is 6.92 Å². The predicted octanol–water partition coefficient (Wildman–Crippen LogP) is 2.74. The Balaban J connectivity index is 1.88. The van der Waals surface area contributed by atoms with Crippen LogP contribution in [0.4, 0.5) is 17.1 Å². The molecule has 1 heterocycles. The molecule has 0 unspecified atom stereocenters. The summed E-state index contributed by atoms with van der Waals surface area (Å²) in [6, 6.07) is 12.1. The van der Waals surface area contributed by atoms with Crippen LogP contribution in [0.3, 0.4) is 0 Å². The lowest BCUT2D eigenvalue weighted by molar-refractivity contribution is -0.393. The van der Waals surface area contributed by atoms with E-state index in [9.17, 15) is 25.0 Å². The van der Waals surface area contributed by atoms with E-state index >= 15 is 0 Å². The fraction of sp³-hybridized carbons (Fsp3) is 0.0588. The SMILES string of the molecule is Cc1[nH]n(-c2ccccc2)c(=O)c1/C=N\Nc1ccc([N+](=O)[O-])cc1[N+](=O)[O-]. The molecule has 28 heavy (non-hydrogen) atoms. The normalized spacial score (nSPS) is 10.9. The number of para-hydroxylation sites is 1. The number of aryl methyl sites for hydroxylation is 1. The van der Waals surface area contributed by atoms with Gasteiger partial charge in [0.2, 0.25) is 0 Å². The van der Waals surface area contributed by atoms with Crippen LogP contribution in [-0.2, 0) is 0 Å². The number of anilines is 1. The van der Waals surface area contributed by atoms with Crippen molar-refractivity contribution < 1.29 is 9.85 Å². The number of hydrogen-bond acceptors (Lipinski definition) is 7. The Hall–Kier alpha value is -4.28. The standard InChI is InChI=1S/C17H14N6O5/c1-11-14(17(24)21(20-11)12-5-3-2-4-6-12)10-18-19-15-8-7-13(22(25)26)9-16(15)23(27)28/h2-10,19-20H,1H3/b18-10-. The van der Waals surface area contributed by atoms with E-state index in [0.717, 1.165) is 12.1 Å². The zero-order chi connectivity index (χ0) is 20.3. The monoisotopic (exact) mass is 382 g/mol. The number of aromatic nitrogens is 2. The van der Waals surface area contributed by atoms with E-state index < -0.39 is 21.2 Å². The van der Waals surface area contributed by atoms with Crippen molar-refractivity contribution in [2.75, 3.05) is 5.43 Å². The zero-order valence-corrected chi connectivity index (χ0v) is 14.5. The first-order valence-electron chi connectivity index (χ1n) is 7.97. The van der Waals surface area contributed by atoms with E-state index in [0.29, 0.717) is 11.4 Å². The van der Waals surface area contributed by atoms with E-state index in [1.807, 2.05) is 6.07 Å². The minimum absolute atomic E-state index is 0.0385. The van der Waals surface area contributed by atoms with Crippen LogP contribution in [0, 0.1) is 27.2 Å². The molecule has 0 radical (unpaired) electrons. The van der Waals surface area contributed by atoms with Crippen LogP contribution >= 0.6 is 0 Å². The van der Waals surface area contributed by atoms with Gasteiger partial charge in [0.15, 0.2) is 0 Å². The summed E-state index contributed by atoms with van der Waals surface area (Å²) in [5, 5.41) is 28.7. The number of nitro benzene ring substituents is 2. The molecule has 0 aliphatic carbocycles. The van der Waals surface area contributed by atoms with Gasteiger partial charge in [-0.15, -0.1) is 0 Å². The van der Waals surface area contributed by atoms with Gasteiger partial charge in [0.25, 0.3) is 11.2 Å². The molecule has 0 spiro atoms. The van der Waals surface area contributed by atoms with Crippen molar-refractivity contribution in [3.63, 3.8) is 0 Å². The summed E-state index contributed by atoms with van der Waals surface area (Å²) in [5.74, 6) is 0. The highest BCUT2D eigenvalue weighted by Crippen LogP contribution is 2.28. The first kappa shape index (κ1) is 18.5. The summed E-state index contributed by atoms with van der Waals surface area (Å²) in [5.41, 5.74) is 2.63. The lowest BCUT2D eigenvalue weighted by Gasteiger charge is -2.01. The van der Waals surface area contributed by atoms with Gasteiger partial charge in [0.05, 0.1) is 33.4 Å². The molecule has 0 saturated heterocycles. The largest absolute Gasteiger partial charge is 0.301 e. The van der Waals surface area contributed by atoms with E-state index in [1.54, 1.807) is 31.2 Å². The molecule has 2 N–H and O–H groups in total. The molecular weight excluding hydrogens is 368 g/mol. The van der Waals surface area contributed by atoms with Crippen molar-refractivity contribution in [1.82, 2.24) is 9.78 Å². The Bertz CT molecular complexity index is 1130. The first-order chi connectivity index (χ1) is 13.4. The number of rotatable bonds is 6. The number of nitrogens with zero attached hydrogens (tertiary/aromatic N) is 4. The smallest absolute Gasteiger partial charge is 0.295 e. The number of non-ortho nitro benzene ring substituents is 1. The van der Waals surface area contributed by atoms with Crippen molar-refractivity contribution in [3.8, 4) is 5.69 Å². The maximum Gasteiger partial charge on any atom is 0.301 e.